The quantitative estimate of drug-likeness (QED) is 0.830. The van der Waals surface area contributed by atoms with Crippen LogP contribution in [0.1, 0.15) is 57.7 Å². The first-order chi connectivity index (χ1) is 9.06. The Labute approximate surface area is 116 Å². The minimum absolute atomic E-state index is 0.0249. The van der Waals surface area contributed by atoms with Gasteiger partial charge in [0.15, 0.2) is 0 Å². The smallest absolute Gasteiger partial charge is 0.0948 e. The molecular formula is C15H27N3O. The van der Waals surface area contributed by atoms with Crippen molar-refractivity contribution < 1.29 is 5.11 Å². The van der Waals surface area contributed by atoms with Crippen molar-refractivity contribution in [1.82, 2.24) is 9.55 Å². The van der Waals surface area contributed by atoms with E-state index >= 15 is 0 Å². The molecule has 1 atom stereocenters. The number of aliphatic hydroxyl groups excluding tert-OH is 1. The van der Waals surface area contributed by atoms with Crippen LogP contribution < -0.4 is 5.73 Å². The normalized spacial score (nSPS) is 20.1. The second-order valence-corrected chi connectivity index (χ2v) is 6.54. The molecule has 1 aromatic rings. The Kier molecular flexibility index (Phi) is 4.63. The predicted molar refractivity (Wildman–Crippen MR) is 76.6 cm³/mol. The van der Waals surface area contributed by atoms with E-state index in [0.29, 0.717) is 5.41 Å². The van der Waals surface area contributed by atoms with E-state index in [1.165, 1.54) is 32.1 Å². The number of nitrogens with two attached hydrogens (primary N) is 1. The maximum atomic E-state index is 9.24. The fourth-order valence-corrected chi connectivity index (χ4v) is 3.64. The highest BCUT2D eigenvalue weighted by atomic mass is 16.3. The largest absolute Gasteiger partial charge is 0.394 e. The number of hydrogen-bond acceptors (Lipinski definition) is 3. The first-order valence-corrected chi connectivity index (χ1v) is 7.43. The molecule has 1 fully saturated rings. The molecule has 1 aromatic heterocycles. The lowest BCUT2D eigenvalue weighted by Gasteiger charge is -2.32. The molecule has 4 heteroatoms. The van der Waals surface area contributed by atoms with Crippen LogP contribution in [0, 0.1) is 11.3 Å². The van der Waals surface area contributed by atoms with Gasteiger partial charge in [0.2, 0.25) is 0 Å². The van der Waals surface area contributed by atoms with Crippen molar-refractivity contribution in [1.29, 1.82) is 0 Å². The lowest BCUT2D eigenvalue weighted by molar-refractivity contribution is 0.191. The van der Waals surface area contributed by atoms with E-state index in [4.69, 9.17) is 5.73 Å². The van der Waals surface area contributed by atoms with Gasteiger partial charge in [-0.25, -0.2) is 4.98 Å². The van der Waals surface area contributed by atoms with E-state index in [2.05, 4.69) is 23.4 Å². The third-order valence-electron chi connectivity index (χ3n) is 4.33. The molecule has 0 aromatic carbocycles. The molecule has 108 valence electrons. The molecule has 0 radical (unpaired) electrons. The van der Waals surface area contributed by atoms with Gasteiger partial charge in [-0.3, -0.25) is 0 Å². The van der Waals surface area contributed by atoms with Gasteiger partial charge in [-0.05, 0) is 30.6 Å². The maximum absolute atomic E-state index is 9.24. The van der Waals surface area contributed by atoms with Crippen LogP contribution in [0.25, 0.3) is 0 Å². The van der Waals surface area contributed by atoms with Crippen LogP contribution in [0.3, 0.4) is 0 Å². The van der Waals surface area contributed by atoms with Gasteiger partial charge in [-0.2, -0.15) is 0 Å². The van der Waals surface area contributed by atoms with E-state index < -0.39 is 0 Å². The summed E-state index contributed by atoms with van der Waals surface area (Å²) >= 11 is 0. The van der Waals surface area contributed by atoms with Gasteiger partial charge in [0, 0.05) is 12.7 Å². The van der Waals surface area contributed by atoms with E-state index in [1.807, 2.05) is 6.33 Å². The molecule has 1 heterocycles. The number of imidazole rings is 1. The summed E-state index contributed by atoms with van der Waals surface area (Å²) in [5.41, 5.74) is 7.30. The molecule has 1 unspecified atom stereocenters. The summed E-state index contributed by atoms with van der Waals surface area (Å²) in [4.78, 5) is 4.22. The molecule has 19 heavy (non-hydrogen) atoms. The second-order valence-electron chi connectivity index (χ2n) is 6.54. The Morgan fingerprint density at radius 3 is 2.68 bits per heavy atom. The molecule has 1 saturated carbocycles. The Balaban J connectivity index is 2.15. The number of rotatable bonds is 6. The van der Waals surface area contributed by atoms with Crippen molar-refractivity contribution in [3.63, 3.8) is 0 Å². The molecule has 1 aliphatic carbocycles. The summed E-state index contributed by atoms with van der Waals surface area (Å²) < 4.78 is 2.16. The van der Waals surface area contributed by atoms with Gasteiger partial charge >= 0.3 is 0 Å². The summed E-state index contributed by atoms with van der Waals surface area (Å²) in [5.74, 6) is 0.719. The summed E-state index contributed by atoms with van der Waals surface area (Å²) in [6.07, 6.45) is 10.2. The number of nitrogens with zero attached hydrogens (tertiary/aromatic N) is 2. The van der Waals surface area contributed by atoms with Gasteiger partial charge in [0.25, 0.3) is 0 Å². The van der Waals surface area contributed by atoms with Crippen molar-refractivity contribution in [2.75, 3.05) is 6.61 Å². The highest BCUT2D eigenvalue weighted by Gasteiger charge is 2.35. The molecule has 4 nitrogen and oxygen atoms in total. The maximum Gasteiger partial charge on any atom is 0.0948 e. The zero-order valence-corrected chi connectivity index (χ0v) is 12.2. The monoisotopic (exact) mass is 265 g/mol. The minimum atomic E-state index is -0.319. The average Bonchev–Trinajstić information content (AvgIpc) is 2.98. The summed E-state index contributed by atoms with van der Waals surface area (Å²) in [6.45, 7) is 5.57. The molecular weight excluding hydrogens is 238 g/mol. The van der Waals surface area contributed by atoms with Crippen LogP contribution in [0.15, 0.2) is 12.5 Å². The van der Waals surface area contributed by atoms with E-state index in [1.54, 1.807) is 6.20 Å². The van der Waals surface area contributed by atoms with Crippen molar-refractivity contribution >= 4 is 0 Å². The highest BCUT2D eigenvalue weighted by Crippen LogP contribution is 2.44. The first-order valence-electron chi connectivity index (χ1n) is 7.43. The van der Waals surface area contributed by atoms with Gasteiger partial charge in [0.1, 0.15) is 0 Å². The Hall–Kier alpha value is -0.870. The van der Waals surface area contributed by atoms with Crippen molar-refractivity contribution in [3.05, 3.63) is 18.2 Å². The molecule has 2 rings (SSSR count). The molecule has 0 saturated heterocycles. The number of aliphatic hydroxyl groups is 1. The van der Waals surface area contributed by atoms with Crippen molar-refractivity contribution in [2.45, 2.75) is 58.5 Å². The standard InChI is InChI=1S/C15H27N3O/c1-12(2)7-15(5-3-4-6-15)10-18-11-17-8-14(18)13(16)9-19/h8,11-13,19H,3-7,9-10,16H2,1-2H3. The lowest BCUT2D eigenvalue weighted by atomic mass is 9.78. The third kappa shape index (κ3) is 3.37. The van der Waals surface area contributed by atoms with E-state index in [-0.39, 0.29) is 12.6 Å². The van der Waals surface area contributed by atoms with Crippen LogP contribution in [0.5, 0.6) is 0 Å². The summed E-state index contributed by atoms with van der Waals surface area (Å²) in [5, 5.41) is 9.24. The third-order valence-corrected chi connectivity index (χ3v) is 4.33. The highest BCUT2D eigenvalue weighted by molar-refractivity contribution is 5.05. The first kappa shape index (κ1) is 14.5. The average molecular weight is 265 g/mol. The van der Waals surface area contributed by atoms with E-state index in [0.717, 1.165) is 18.2 Å². The lowest BCUT2D eigenvalue weighted by Crippen LogP contribution is -2.28. The van der Waals surface area contributed by atoms with Crippen LogP contribution in [-0.2, 0) is 6.54 Å². The molecule has 0 amide bonds. The fourth-order valence-electron chi connectivity index (χ4n) is 3.64. The zero-order valence-electron chi connectivity index (χ0n) is 12.2. The topological polar surface area (TPSA) is 64.1 Å². The molecule has 3 N–H and O–H groups in total. The van der Waals surface area contributed by atoms with E-state index in [9.17, 15) is 5.11 Å². The number of hydrogen-bond donors (Lipinski definition) is 2. The van der Waals surface area contributed by atoms with Crippen molar-refractivity contribution in [2.24, 2.45) is 17.1 Å². The Bertz CT molecular complexity index is 394. The van der Waals surface area contributed by atoms with Gasteiger partial charge in [-0.1, -0.05) is 26.7 Å². The zero-order chi connectivity index (χ0) is 13.9. The summed E-state index contributed by atoms with van der Waals surface area (Å²) in [7, 11) is 0. The van der Waals surface area contributed by atoms with Gasteiger partial charge in [-0.15, -0.1) is 0 Å². The predicted octanol–water partition coefficient (Wildman–Crippen LogP) is 2.48. The fraction of sp³-hybridized carbons (Fsp3) is 0.800. The molecule has 0 aliphatic heterocycles. The Morgan fingerprint density at radius 1 is 1.42 bits per heavy atom. The van der Waals surface area contributed by atoms with Crippen LogP contribution in [0.2, 0.25) is 0 Å². The van der Waals surface area contributed by atoms with Crippen LogP contribution in [0.4, 0.5) is 0 Å². The molecule has 0 bridgehead atoms. The van der Waals surface area contributed by atoms with Gasteiger partial charge in [0.05, 0.1) is 24.7 Å². The second kappa shape index (κ2) is 6.06. The van der Waals surface area contributed by atoms with Gasteiger partial charge < -0.3 is 15.4 Å². The van der Waals surface area contributed by atoms with Crippen LogP contribution in [-0.4, -0.2) is 21.3 Å². The minimum Gasteiger partial charge on any atom is -0.394 e. The van der Waals surface area contributed by atoms with Crippen molar-refractivity contribution in [3.8, 4) is 0 Å². The summed E-state index contributed by atoms with van der Waals surface area (Å²) in [6, 6.07) is -0.319. The number of aromatic nitrogens is 2. The molecule has 0 spiro atoms. The molecule has 1 aliphatic rings. The SMILES string of the molecule is CC(C)CC1(Cn2cncc2C(N)CO)CCCC1. The van der Waals surface area contributed by atoms with Crippen LogP contribution >= 0.6 is 0 Å². The Morgan fingerprint density at radius 2 is 2.11 bits per heavy atom.